The molecule has 0 amide bonds. The van der Waals surface area contributed by atoms with Crippen molar-refractivity contribution < 1.29 is 4.74 Å². The fraction of sp³-hybridized carbons (Fsp3) is 0.667. The number of nitrogens with two attached hydrogens (primary N) is 1. The van der Waals surface area contributed by atoms with Gasteiger partial charge in [-0.2, -0.15) is 0 Å². The van der Waals surface area contributed by atoms with E-state index >= 15 is 0 Å². The third kappa shape index (κ3) is 3.06. The first-order valence-electron chi connectivity index (χ1n) is 6.11. The molecule has 1 saturated carbocycles. The van der Waals surface area contributed by atoms with Gasteiger partial charge in [0.15, 0.2) is 5.82 Å². The zero-order valence-electron chi connectivity index (χ0n) is 10.5. The maximum Gasteiger partial charge on any atom is 0.158 e. The summed E-state index contributed by atoms with van der Waals surface area (Å²) in [4.78, 5) is 8.56. The van der Waals surface area contributed by atoms with Crippen molar-refractivity contribution in [2.75, 3.05) is 17.7 Å². The molecule has 3 N–H and O–H groups in total. The third-order valence-electron chi connectivity index (χ3n) is 3.11. The van der Waals surface area contributed by atoms with Crippen molar-refractivity contribution in [1.29, 1.82) is 0 Å². The smallest absolute Gasteiger partial charge is 0.158 e. The Morgan fingerprint density at radius 1 is 1.47 bits per heavy atom. The molecule has 0 atom stereocenters. The van der Waals surface area contributed by atoms with Crippen LogP contribution in [0, 0.1) is 0 Å². The molecule has 0 spiro atoms. The van der Waals surface area contributed by atoms with Crippen molar-refractivity contribution in [2.45, 2.75) is 45.3 Å². The topological polar surface area (TPSA) is 73.1 Å². The van der Waals surface area contributed by atoms with E-state index in [1.165, 1.54) is 19.3 Å². The maximum absolute atomic E-state index is 5.76. The van der Waals surface area contributed by atoms with E-state index in [2.05, 4.69) is 22.2 Å². The van der Waals surface area contributed by atoms with Crippen LogP contribution < -0.4 is 11.1 Å². The Morgan fingerprint density at radius 2 is 2.24 bits per heavy atom. The van der Waals surface area contributed by atoms with Crippen LogP contribution >= 0.6 is 0 Å². The van der Waals surface area contributed by atoms with Gasteiger partial charge in [0.05, 0.1) is 0 Å². The quantitative estimate of drug-likeness (QED) is 0.817. The summed E-state index contributed by atoms with van der Waals surface area (Å²) in [6, 6.07) is 1.78. The SMILES string of the molecule is CCOCc1nc(N)cc(NC2(C)CCC2)n1. The van der Waals surface area contributed by atoms with Crippen LogP contribution in [0.25, 0.3) is 0 Å². The second-order valence-corrected chi connectivity index (χ2v) is 4.77. The standard InChI is InChI=1S/C12H20N4O/c1-3-17-8-11-14-9(13)7-10(15-11)16-12(2)5-4-6-12/h7H,3-6,8H2,1-2H3,(H3,13,14,15,16). The molecule has 0 radical (unpaired) electrons. The minimum Gasteiger partial charge on any atom is -0.384 e. The van der Waals surface area contributed by atoms with Crippen LogP contribution in [0.5, 0.6) is 0 Å². The predicted octanol–water partition coefficient (Wildman–Crippen LogP) is 1.95. The average molecular weight is 236 g/mol. The summed E-state index contributed by atoms with van der Waals surface area (Å²) < 4.78 is 5.29. The lowest BCUT2D eigenvalue weighted by molar-refractivity contribution is 0.128. The van der Waals surface area contributed by atoms with Gasteiger partial charge >= 0.3 is 0 Å². The molecule has 1 aliphatic carbocycles. The van der Waals surface area contributed by atoms with E-state index in [0.29, 0.717) is 24.9 Å². The molecule has 5 heteroatoms. The van der Waals surface area contributed by atoms with Crippen LogP contribution in [0.3, 0.4) is 0 Å². The van der Waals surface area contributed by atoms with Gasteiger partial charge in [-0.3, -0.25) is 0 Å². The Balaban J connectivity index is 2.08. The molecule has 94 valence electrons. The number of anilines is 2. The first-order valence-corrected chi connectivity index (χ1v) is 6.11. The van der Waals surface area contributed by atoms with Gasteiger partial charge in [0, 0.05) is 18.2 Å². The summed E-state index contributed by atoms with van der Waals surface area (Å²) in [5, 5.41) is 3.43. The van der Waals surface area contributed by atoms with E-state index in [4.69, 9.17) is 10.5 Å². The lowest BCUT2D eigenvalue weighted by Crippen LogP contribution is -2.42. The van der Waals surface area contributed by atoms with E-state index in [-0.39, 0.29) is 5.54 Å². The number of hydrogen-bond acceptors (Lipinski definition) is 5. The van der Waals surface area contributed by atoms with Gasteiger partial charge in [-0.05, 0) is 33.1 Å². The highest BCUT2D eigenvalue weighted by Crippen LogP contribution is 2.34. The fourth-order valence-electron chi connectivity index (χ4n) is 1.98. The Bertz CT molecular complexity index is 390. The highest BCUT2D eigenvalue weighted by molar-refractivity contribution is 5.46. The van der Waals surface area contributed by atoms with Crippen LogP contribution in [-0.4, -0.2) is 22.1 Å². The minimum atomic E-state index is 0.170. The van der Waals surface area contributed by atoms with Gasteiger partial charge in [-0.25, -0.2) is 9.97 Å². The normalized spacial score (nSPS) is 17.5. The number of rotatable bonds is 5. The van der Waals surface area contributed by atoms with Gasteiger partial charge in [0.2, 0.25) is 0 Å². The average Bonchev–Trinajstić information content (AvgIpc) is 2.23. The molecule has 1 fully saturated rings. The molecule has 1 aromatic rings. The molecule has 0 unspecified atom stereocenters. The van der Waals surface area contributed by atoms with E-state index < -0.39 is 0 Å². The summed E-state index contributed by atoms with van der Waals surface area (Å²) in [7, 11) is 0. The molecule has 1 aromatic heterocycles. The Kier molecular flexibility index (Phi) is 3.47. The Morgan fingerprint density at radius 3 is 2.82 bits per heavy atom. The second-order valence-electron chi connectivity index (χ2n) is 4.77. The molecule has 0 aromatic carbocycles. The molecule has 2 rings (SSSR count). The summed E-state index contributed by atoms with van der Waals surface area (Å²) in [6.07, 6.45) is 3.63. The number of nitrogens with one attached hydrogen (secondary N) is 1. The monoisotopic (exact) mass is 236 g/mol. The van der Waals surface area contributed by atoms with Crippen LogP contribution in [0.2, 0.25) is 0 Å². The lowest BCUT2D eigenvalue weighted by Gasteiger charge is -2.39. The van der Waals surface area contributed by atoms with Crippen molar-refractivity contribution in [3.8, 4) is 0 Å². The van der Waals surface area contributed by atoms with Gasteiger partial charge in [0.25, 0.3) is 0 Å². The molecular weight excluding hydrogens is 216 g/mol. The molecule has 0 bridgehead atoms. The summed E-state index contributed by atoms with van der Waals surface area (Å²) >= 11 is 0. The first-order chi connectivity index (χ1) is 8.11. The van der Waals surface area contributed by atoms with Gasteiger partial charge < -0.3 is 15.8 Å². The predicted molar refractivity (Wildman–Crippen MR) is 67.7 cm³/mol. The van der Waals surface area contributed by atoms with Crippen molar-refractivity contribution in [1.82, 2.24) is 9.97 Å². The summed E-state index contributed by atoms with van der Waals surface area (Å²) in [6.45, 7) is 5.21. The number of nitrogen functional groups attached to an aromatic ring is 1. The third-order valence-corrected chi connectivity index (χ3v) is 3.11. The molecule has 17 heavy (non-hydrogen) atoms. The fourth-order valence-corrected chi connectivity index (χ4v) is 1.98. The molecular formula is C12H20N4O. The van der Waals surface area contributed by atoms with Crippen LogP contribution in [0.4, 0.5) is 11.6 Å². The molecule has 1 heterocycles. The highest BCUT2D eigenvalue weighted by atomic mass is 16.5. The van der Waals surface area contributed by atoms with Crippen LogP contribution in [-0.2, 0) is 11.3 Å². The number of ether oxygens (including phenoxy) is 1. The van der Waals surface area contributed by atoms with Crippen molar-refractivity contribution >= 4 is 11.6 Å². The van der Waals surface area contributed by atoms with Gasteiger partial charge in [0.1, 0.15) is 18.2 Å². The largest absolute Gasteiger partial charge is 0.384 e. The van der Waals surface area contributed by atoms with E-state index in [9.17, 15) is 0 Å². The van der Waals surface area contributed by atoms with Gasteiger partial charge in [-0.1, -0.05) is 0 Å². The zero-order valence-corrected chi connectivity index (χ0v) is 10.5. The number of nitrogens with zero attached hydrogens (tertiary/aromatic N) is 2. The van der Waals surface area contributed by atoms with Crippen LogP contribution in [0.1, 0.15) is 38.9 Å². The highest BCUT2D eigenvalue weighted by Gasteiger charge is 2.31. The van der Waals surface area contributed by atoms with E-state index in [1.54, 1.807) is 6.07 Å². The molecule has 0 aliphatic heterocycles. The first kappa shape index (κ1) is 12.1. The van der Waals surface area contributed by atoms with E-state index in [1.807, 2.05) is 6.92 Å². The van der Waals surface area contributed by atoms with Crippen molar-refractivity contribution in [2.24, 2.45) is 0 Å². The lowest BCUT2D eigenvalue weighted by atomic mass is 9.78. The molecule has 1 aliphatic rings. The van der Waals surface area contributed by atoms with Crippen LogP contribution in [0.15, 0.2) is 6.07 Å². The van der Waals surface area contributed by atoms with Gasteiger partial charge in [-0.15, -0.1) is 0 Å². The molecule has 5 nitrogen and oxygen atoms in total. The maximum atomic E-state index is 5.76. The summed E-state index contributed by atoms with van der Waals surface area (Å²) in [5.41, 5.74) is 5.93. The number of hydrogen-bond donors (Lipinski definition) is 2. The zero-order chi connectivity index (χ0) is 12.3. The molecule has 0 saturated heterocycles. The van der Waals surface area contributed by atoms with E-state index in [0.717, 1.165) is 5.82 Å². The summed E-state index contributed by atoms with van der Waals surface area (Å²) in [5.74, 6) is 1.92. The van der Waals surface area contributed by atoms with Crippen molar-refractivity contribution in [3.05, 3.63) is 11.9 Å². The minimum absolute atomic E-state index is 0.170. The second kappa shape index (κ2) is 4.87. The number of aromatic nitrogens is 2. The Hall–Kier alpha value is -1.36. The Labute approximate surface area is 102 Å². The van der Waals surface area contributed by atoms with Crippen molar-refractivity contribution in [3.63, 3.8) is 0 Å².